The van der Waals surface area contributed by atoms with E-state index in [4.69, 9.17) is 11.5 Å². The van der Waals surface area contributed by atoms with Gasteiger partial charge in [-0.1, -0.05) is 6.92 Å². The summed E-state index contributed by atoms with van der Waals surface area (Å²) in [6, 6.07) is -0.448. The third kappa shape index (κ3) is 2.92. The van der Waals surface area contributed by atoms with Crippen molar-refractivity contribution in [2.45, 2.75) is 32.2 Å². The van der Waals surface area contributed by atoms with E-state index in [1.165, 1.54) is 0 Å². The third-order valence-corrected chi connectivity index (χ3v) is 2.89. The van der Waals surface area contributed by atoms with Crippen molar-refractivity contribution in [3.8, 4) is 0 Å². The van der Waals surface area contributed by atoms with Gasteiger partial charge in [-0.05, 0) is 19.3 Å². The maximum absolute atomic E-state index is 11.7. The molecule has 86 valence electrons. The fraction of sp³-hybridized carbons (Fsp3) is 0.800. The highest BCUT2D eigenvalue weighted by Gasteiger charge is 2.28. The highest BCUT2D eigenvalue weighted by Crippen LogP contribution is 2.16. The normalized spacial score (nSPS) is 23.6. The SMILES string of the molecule is CC[C@@H](N)C(=O)N1CCCC(C(N)=O)C1. The van der Waals surface area contributed by atoms with Crippen molar-refractivity contribution in [1.82, 2.24) is 4.90 Å². The first-order valence-corrected chi connectivity index (χ1v) is 5.40. The molecular weight excluding hydrogens is 194 g/mol. The Morgan fingerprint density at radius 1 is 1.53 bits per heavy atom. The largest absolute Gasteiger partial charge is 0.369 e. The standard InChI is InChI=1S/C10H19N3O2/c1-2-8(11)10(15)13-5-3-4-7(6-13)9(12)14/h7-8H,2-6,11H2,1H3,(H2,12,14)/t7?,8-/m1/s1. The number of likely N-dealkylation sites (tertiary alicyclic amines) is 1. The van der Waals surface area contributed by atoms with Crippen molar-refractivity contribution in [2.75, 3.05) is 13.1 Å². The summed E-state index contributed by atoms with van der Waals surface area (Å²) in [7, 11) is 0. The van der Waals surface area contributed by atoms with Crippen molar-refractivity contribution in [3.63, 3.8) is 0 Å². The van der Waals surface area contributed by atoms with E-state index in [0.29, 0.717) is 19.5 Å². The van der Waals surface area contributed by atoms with E-state index in [-0.39, 0.29) is 17.7 Å². The summed E-state index contributed by atoms with van der Waals surface area (Å²) in [6.07, 6.45) is 2.23. The predicted molar refractivity (Wildman–Crippen MR) is 56.8 cm³/mol. The molecule has 1 unspecified atom stereocenters. The molecule has 1 fully saturated rings. The molecule has 1 rings (SSSR count). The molecule has 5 nitrogen and oxygen atoms in total. The minimum absolute atomic E-state index is 0.0662. The molecule has 4 N–H and O–H groups in total. The summed E-state index contributed by atoms with van der Waals surface area (Å²) < 4.78 is 0. The Hall–Kier alpha value is -1.10. The molecular formula is C10H19N3O2. The molecule has 1 aliphatic rings. The van der Waals surface area contributed by atoms with Gasteiger partial charge in [-0.3, -0.25) is 9.59 Å². The molecule has 0 saturated carbocycles. The fourth-order valence-corrected chi connectivity index (χ4v) is 1.82. The molecule has 2 atom stereocenters. The fourth-order valence-electron chi connectivity index (χ4n) is 1.82. The Morgan fingerprint density at radius 2 is 2.20 bits per heavy atom. The number of carbonyl (C=O) groups excluding carboxylic acids is 2. The Balaban J connectivity index is 2.56. The van der Waals surface area contributed by atoms with Gasteiger partial charge in [0.05, 0.1) is 12.0 Å². The number of piperidine rings is 1. The average molecular weight is 213 g/mol. The summed E-state index contributed by atoms with van der Waals surface area (Å²) in [5, 5.41) is 0. The van der Waals surface area contributed by atoms with E-state index < -0.39 is 6.04 Å². The summed E-state index contributed by atoms with van der Waals surface area (Å²) in [6.45, 7) is 3.00. The van der Waals surface area contributed by atoms with Crippen molar-refractivity contribution in [1.29, 1.82) is 0 Å². The topological polar surface area (TPSA) is 89.4 Å². The second kappa shape index (κ2) is 5.11. The van der Waals surface area contributed by atoms with Crippen LogP contribution in [0, 0.1) is 5.92 Å². The van der Waals surface area contributed by atoms with Gasteiger partial charge in [0.1, 0.15) is 0 Å². The Bertz CT molecular complexity index is 255. The predicted octanol–water partition coefficient (Wildman–Crippen LogP) is -0.552. The minimum Gasteiger partial charge on any atom is -0.369 e. The number of hydrogen-bond donors (Lipinski definition) is 2. The van der Waals surface area contributed by atoms with Crippen molar-refractivity contribution < 1.29 is 9.59 Å². The molecule has 5 heteroatoms. The molecule has 2 amide bonds. The van der Waals surface area contributed by atoms with Gasteiger partial charge in [0.15, 0.2) is 0 Å². The van der Waals surface area contributed by atoms with Crippen LogP contribution in [0.4, 0.5) is 0 Å². The maximum atomic E-state index is 11.7. The van der Waals surface area contributed by atoms with E-state index in [1.54, 1.807) is 4.90 Å². The molecule has 0 aromatic rings. The molecule has 0 aromatic heterocycles. The van der Waals surface area contributed by atoms with E-state index in [9.17, 15) is 9.59 Å². The number of nitrogens with zero attached hydrogens (tertiary/aromatic N) is 1. The molecule has 0 bridgehead atoms. The van der Waals surface area contributed by atoms with Gasteiger partial charge in [0, 0.05) is 13.1 Å². The number of hydrogen-bond acceptors (Lipinski definition) is 3. The van der Waals surface area contributed by atoms with Crippen molar-refractivity contribution >= 4 is 11.8 Å². The summed E-state index contributed by atoms with van der Waals surface area (Å²) in [5.74, 6) is -0.590. The minimum atomic E-state index is -0.448. The Morgan fingerprint density at radius 3 is 2.73 bits per heavy atom. The molecule has 0 aliphatic carbocycles. The van der Waals surface area contributed by atoms with Crippen LogP contribution in [-0.2, 0) is 9.59 Å². The summed E-state index contributed by atoms with van der Waals surface area (Å²) in [5.41, 5.74) is 10.9. The Labute approximate surface area is 89.8 Å². The third-order valence-electron chi connectivity index (χ3n) is 2.89. The molecule has 0 aromatic carbocycles. The molecule has 1 aliphatic heterocycles. The lowest BCUT2D eigenvalue weighted by atomic mass is 9.97. The van der Waals surface area contributed by atoms with Crippen molar-refractivity contribution in [2.24, 2.45) is 17.4 Å². The number of amides is 2. The van der Waals surface area contributed by atoms with Gasteiger partial charge in [0.2, 0.25) is 11.8 Å². The zero-order valence-corrected chi connectivity index (χ0v) is 9.11. The van der Waals surface area contributed by atoms with Crippen LogP contribution in [0.1, 0.15) is 26.2 Å². The maximum Gasteiger partial charge on any atom is 0.239 e. The van der Waals surface area contributed by atoms with Gasteiger partial charge in [0.25, 0.3) is 0 Å². The Kier molecular flexibility index (Phi) is 4.08. The van der Waals surface area contributed by atoms with Crippen LogP contribution >= 0.6 is 0 Å². The lowest BCUT2D eigenvalue weighted by molar-refractivity contribution is -0.136. The van der Waals surface area contributed by atoms with Gasteiger partial charge in [-0.25, -0.2) is 0 Å². The van der Waals surface area contributed by atoms with Gasteiger partial charge < -0.3 is 16.4 Å². The number of rotatable bonds is 3. The lowest BCUT2D eigenvalue weighted by Crippen LogP contribution is -2.49. The van der Waals surface area contributed by atoms with Crippen LogP contribution in [0.2, 0.25) is 0 Å². The second-order valence-corrected chi connectivity index (χ2v) is 4.04. The van der Waals surface area contributed by atoms with Crippen molar-refractivity contribution in [3.05, 3.63) is 0 Å². The summed E-state index contributed by atoms with van der Waals surface area (Å²) >= 11 is 0. The van der Waals surface area contributed by atoms with E-state index in [2.05, 4.69) is 0 Å². The molecule has 0 spiro atoms. The lowest BCUT2D eigenvalue weighted by Gasteiger charge is -2.32. The van der Waals surface area contributed by atoms with Crippen LogP contribution in [0.15, 0.2) is 0 Å². The van der Waals surface area contributed by atoms with Crippen LogP contribution in [0.25, 0.3) is 0 Å². The quantitative estimate of drug-likeness (QED) is 0.659. The van der Waals surface area contributed by atoms with E-state index in [1.807, 2.05) is 6.92 Å². The van der Waals surface area contributed by atoms with Crippen LogP contribution < -0.4 is 11.5 Å². The van der Waals surface area contributed by atoms with Gasteiger partial charge in [-0.15, -0.1) is 0 Å². The smallest absolute Gasteiger partial charge is 0.239 e. The average Bonchev–Trinajstić information content (AvgIpc) is 2.27. The summed E-state index contributed by atoms with van der Waals surface area (Å²) in [4.78, 5) is 24.4. The first-order chi connectivity index (χ1) is 7.06. The molecule has 1 heterocycles. The van der Waals surface area contributed by atoms with Gasteiger partial charge >= 0.3 is 0 Å². The molecule has 15 heavy (non-hydrogen) atoms. The first-order valence-electron chi connectivity index (χ1n) is 5.40. The highest BCUT2D eigenvalue weighted by atomic mass is 16.2. The molecule has 0 radical (unpaired) electrons. The van der Waals surface area contributed by atoms with Gasteiger partial charge in [-0.2, -0.15) is 0 Å². The molecule has 1 saturated heterocycles. The number of primary amides is 1. The van der Waals surface area contributed by atoms with E-state index >= 15 is 0 Å². The first kappa shape index (κ1) is 12.0. The van der Waals surface area contributed by atoms with Crippen LogP contribution in [0.3, 0.4) is 0 Å². The monoisotopic (exact) mass is 213 g/mol. The zero-order valence-electron chi connectivity index (χ0n) is 9.11. The number of carbonyl (C=O) groups is 2. The second-order valence-electron chi connectivity index (χ2n) is 4.04. The number of nitrogens with two attached hydrogens (primary N) is 2. The van der Waals surface area contributed by atoms with E-state index in [0.717, 1.165) is 12.8 Å². The van der Waals surface area contributed by atoms with Crippen LogP contribution in [-0.4, -0.2) is 35.8 Å². The zero-order chi connectivity index (χ0) is 11.4. The highest BCUT2D eigenvalue weighted by molar-refractivity contribution is 5.83. The van der Waals surface area contributed by atoms with Crippen LogP contribution in [0.5, 0.6) is 0 Å².